The van der Waals surface area contributed by atoms with Crippen molar-refractivity contribution in [2.75, 3.05) is 7.11 Å². The van der Waals surface area contributed by atoms with Gasteiger partial charge >= 0.3 is 5.97 Å². The Labute approximate surface area is 138 Å². The number of hydrogen-bond donors (Lipinski definition) is 2. The van der Waals surface area contributed by atoms with Crippen molar-refractivity contribution in [2.45, 2.75) is 25.8 Å². The minimum atomic E-state index is -1.03. The number of carbonyl (C=O) groups is 2. The highest BCUT2D eigenvalue weighted by Crippen LogP contribution is 2.29. The second-order valence-electron chi connectivity index (χ2n) is 5.52. The summed E-state index contributed by atoms with van der Waals surface area (Å²) in [5, 5.41) is 14.0. The Bertz CT molecular complexity index is 725. The number of ether oxygens (including phenoxy) is 1. The fourth-order valence-electron chi connectivity index (χ4n) is 2.40. The van der Waals surface area contributed by atoms with Crippen molar-refractivity contribution in [1.82, 2.24) is 5.32 Å². The maximum Gasteiger partial charge on any atom is 0.306 e. The molecule has 0 aliphatic carbocycles. The van der Waals surface area contributed by atoms with Gasteiger partial charge in [-0.05, 0) is 48.6 Å². The van der Waals surface area contributed by atoms with Crippen LogP contribution in [0.15, 0.2) is 35.7 Å². The third-order valence-corrected chi connectivity index (χ3v) is 4.68. The van der Waals surface area contributed by atoms with Gasteiger partial charge in [0.25, 0.3) is 5.91 Å². The molecule has 1 unspecified atom stereocenters. The number of carbonyl (C=O) groups excluding carboxylic acids is 1. The summed E-state index contributed by atoms with van der Waals surface area (Å²) in [6.07, 6.45) is -0.226. The molecule has 2 rings (SSSR count). The van der Waals surface area contributed by atoms with Crippen molar-refractivity contribution in [3.63, 3.8) is 0 Å². The number of benzene rings is 1. The molecule has 23 heavy (non-hydrogen) atoms. The lowest BCUT2D eigenvalue weighted by molar-refractivity contribution is -0.138. The Balaban J connectivity index is 2.37. The van der Waals surface area contributed by atoms with Crippen LogP contribution in [-0.2, 0) is 10.3 Å². The summed E-state index contributed by atoms with van der Waals surface area (Å²) in [4.78, 5) is 24.4. The zero-order valence-corrected chi connectivity index (χ0v) is 14.1. The predicted octanol–water partition coefficient (Wildman–Crippen LogP) is 3.19. The maximum absolute atomic E-state index is 12.5. The lowest BCUT2D eigenvalue weighted by Crippen LogP contribution is -2.45. The number of hydrogen-bond acceptors (Lipinski definition) is 4. The molecule has 1 amide bonds. The van der Waals surface area contributed by atoms with Gasteiger partial charge in [-0.25, -0.2) is 0 Å². The van der Waals surface area contributed by atoms with E-state index in [-0.39, 0.29) is 12.3 Å². The van der Waals surface area contributed by atoms with Crippen LogP contribution in [-0.4, -0.2) is 24.1 Å². The van der Waals surface area contributed by atoms with Crippen LogP contribution in [0.1, 0.15) is 34.1 Å². The van der Waals surface area contributed by atoms with Gasteiger partial charge in [0.05, 0.1) is 23.9 Å². The third kappa shape index (κ3) is 3.90. The van der Waals surface area contributed by atoms with E-state index >= 15 is 0 Å². The number of carboxylic acids is 1. The third-order valence-electron chi connectivity index (χ3n) is 3.67. The topological polar surface area (TPSA) is 75.6 Å². The first-order valence-corrected chi connectivity index (χ1v) is 7.96. The summed E-state index contributed by atoms with van der Waals surface area (Å²) in [7, 11) is 1.54. The number of aliphatic carboxylic acids is 1. The first-order chi connectivity index (χ1) is 10.9. The minimum absolute atomic E-state index is 0.226. The van der Waals surface area contributed by atoms with Crippen LogP contribution in [0.3, 0.4) is 0 Å². The van der Waals surface area contributed by atoms with Gasteiger partial charge in [-0.3, -0.25) is 9.59 Å². The molecule has 0 spiro atoms. The Kier molecular flexibility index (Phi) is 5.05. The van der Waals surface area contributed by atoms with Crippen LogP contribution in [0, 0.1) is 6.92 Å². The van der Waals surface area contributed by atoms with E-state index in [2.05, 4.69) is 5.32 Å². The quantitative estimate of drug-likeness (QED) is 0.851. The second kappa shape index (κ2) is 6.83. The van der Waals surface area contributed by atoms with Gasteiger partial charge in [0.15, 0.2) is 0 Å². The number of amides is 1. The molecule has 6 heteroatoms. The van der Waals surface area contributed by atoms with Crippen LogP contribution in [0.25, 0.3) is 0 Å². The minimum Gasteiger partial charge on any atom is -0.497 e. The Morgan fingerprint density at radius 1 is 1.35 bits per heavy atom. The van der Waals surface area contributed by atoms with Crippen LogP contribution >= 0.6 is 11.3 Å². The van der Waals surface area contributed by atoms with Crippen molar-refractivity contribution in [2.24, 2.45) is 0 Å². The highest BCUT2D eigenvalue weighted by atomic mass is 32.1. The SMILES string of the molecule is COc1cccc(C(C)(CC(=O)O)NC(=O)c2sccc2C)c1. The van der Waals surface area contributed by atoms with Crippen molar-refractivity contribution in [1.29, 1.82) is 0 Å². The van der Waals surface area contributed by atoms with Crippen molar-refractivity contribution in [3.8, 4) is 5.75 Å². The molecular formula is C17H19NO4S. The highest BCUT2D eigenvalue weighted by molar-refractivity contribution is 7.12. The Morgan fingerprint density at radius 2 is 2.09 bits per heavy atom. The normalized spacial score (nSPS) is 13.2. The largest absolute Gasteiger partial charge is 0.497 e. The number of thiophene rings is 1. The summed E-state index contributed by atoms with van der Waals surface area (Å²) >= 11 is 1.34. The van der Waals surface area contributed by atoms with E-state index in [0.717, 1.165) is 5.56 Å². The summed E-state index contributed by atoms with van der Waals surface area (Å²) in [5.74, 6) is -0.650. The molecule has 0 aliphatic heterocycles. The number of nitrogens with one attached hydrogen (secondary N) is 1. The summed E-state index contributed by atoms with van der Waals surface area (Å²) in [6.45, 7) is 3.56. The number of methoxy groups -OCH3 is 1. The lowest BCUT2D eigenvalue weighted by atomic mass is 9.88. The second-order valence-corrected chi connectivity index (χ2v) is 6.44. The fraction of sp³-hybridized carbons (Fsp3) is 0.294. The molecule has 2 N–H and O–H groups in total. The van der Waals surface area contributed by atoms with Crippen LogP contribution in [0.2, 0.25) is 0 Å². The Hall–Kier alpha value is -2.34. The fourth-order valence-corrected chi connectivity index (χ4v) is 3.22. The molecule has 0 bridgehead atoms. The average Bonchev–Trinajstić information content (AvgIpc) is 2.92. The Morgan fingerprint density at radius 3 is 2.65 bits per heavy atom. The molecule has 0 fully saturated rings. The molecule has 1 atom stereocenters. The summed E-state index contributed by atoms with van der Waals surface area (Å²) in [5.41, 5.74) is 0.520. The molecule has 0 saturated carbocycles. The van der Waals surface area contributed by atoms with E-state index in [9.17, 15) is 14.7 Å². The number of aryl methyl sites for hydroxylation is 1. The maximum atomic E-state index is 12.5. The van der Waals surface area contributed by atoms with Gasteiger partial charge in [0.1, 0.15) is 5.75 Å². The standard InChI is InChI=1S/C17H19NO4S/c1-11-7-8-23-15(11)16(21)18-17(2,10-14(19)20)12-5-4-6-13(9-12)22-3/h4-9H,10H2,1-3H3,(H,18,21)(H,19,20). The molecule has 1 aromatic heterocycles. The van der Waals surface area contributed by atoms with Crippen molar-refractivity contribution in [3.05, 3.63) is 51.7 Å². The molecule has 0 aliphatic rings. The highest BCUT2D eigenvalue weighted by Gasteiger charge is 2.32. The van der Waals surface area contributed by atoms with Crippen LogP contribution in [0.5, 0.6) is 5.75 Å². The van der Waals surface area contributed by atoms with Gasteiger partial charge in [-0.1, -0.05) is 12.1 Å². The molecule has 1 aromatic carbocycles. The summed E-state index contributed by atoms with van der Waals surface area (Å²) in [6, 6.07) is 8.93. The average molecular weight is 333 g/mol. The van der Waals surface area contributed by atoms with Crippen molar-refractivity contribution >= 4 is 23.2 Å². The van der Waals surface area contributed by atoms with E-state index < -0.39 is 11.5 Å². The molecule has 0 radical (unpaired) electrons. The molecular weight excluding hydrogens is 314 g/mol. The van der Waals surface area contributed by atoms with Gasteiger partial charge < -0.3 is 15.2 Å². The zero-order chi connectivity index (χ0) is 17.0. The van der Waals surface area contributed by atoms with Gasteiger partial charge in [-0.15, -0.1) is 11.3 Å². The van der Waals surface area contributed by atoms with Gasteiger partial charge in [0, 0.05) is 0 Å². The molecule has 0 saturated heterocycles. The van der Waals surface area contributed by atoms with E-state index in [1.807, 2.05) is 18.4 Å². The number of carboxylic acid groups (broad SMARTS) is 1. The van der Waals surface area contributed by atoms with Crippen LogP contribution < -0.4 is 10.1 Å². The zero-order valence-electron chi connectivity index (χ0n) is 13.3. The van der Waals surface area contributed by atoms with Crippen LogP contribution in [0.4, 0.5) is 0 Å². The smallest absolute Gasteiger partial charge is 0.306 e. The molecule has 122 valence electrons. The lowest BCUT2D eigenvalue weighted by Gasteiger charge is -2.30. The number of rotatable bonds is 6. The monoisotopic (exact) mass is 333 g/mol. The van der Waals surface area contributed by atoms with E-state index in [1.54, 1.807) is 38.3 Å². The molecule has 5 nitrogen and oxygen atoms in total. The van der Waals surface area contributed by atoms with Gasteiger partial charge in [-0.2, -0.15) is 0 Å². The van der Waals surface area contributed by atoms with E-state index in [1.165, 1.54) is 11.3 Å². The van der Waals surface area contributed by atoms with Gasteiger partial charge in [0.2, 0.25) is 0 Å². The molecule has 1 heterocycles. The first kappa shape index (κ1) is 17.0. The van der Waals surface area contributed by atoms with Crippen molar-refractivity contribution < 1.29 is 19.4 Å². The van der Waals surface area contributed by atoms with E-state index in [0.29, 0.717) is 16.2 Å². The van der Waals surface area contributed by atoms with E-state index in [4.69, 9.17) is 4.74 Å². The molecule has 2 aromatic rings. The first-order valence-electron chi connectivity index (χ1n) is 7.08. The predicted molar refractivity (Wildman–Crippen MR) is 89.1 cm³/mol. The summed E-state index contributed by atoms with van der Waals surface area (Å²) < 4.78 is 5.19.